The van der Waals surface area contributed by atoms with E-state index in [0.29, 0.717) is 28.9 Å². The Kier molecular flexibility index (Phi) is 6.66. The average Bonchev–Trinajstić information content (AvgIpc) is 2.77. The highest BCUT2D eigenvalue weighted by molar-refractivity contribution is 6.19. The van der Waals surface area contributed by atoms with Crippen LogP contribution < -0.4 is 4.74 Å². The molecule has 6 heteroatoms. The van der Waals surface area contributed by atoms with Gasteiger partial charge in [0.15, 0.2) is 0 Å². The largest absolute Gasteiger partial charge is 0.489 e. The van der Waals surface area contributed by atoms with Crippen molar-refractivity contribution in [2.24, 2.45) is 0 Å². The molecule has 158 valence electrons. The second-order valence-corrected chi connectivity index (χ2v) is 7.36. The van der Waals surface area contributed by atoms with Crippen molar-refractivity contribution in [2.45, 2.75) is 39.8 Å². The molecule has 0 N–H and O–H groups in total. The molecule has 0 saturated carbocycles. The van der Waals surface area contributed by atoms with Gasteiger partial charge in [0, 0.05) is 17.2 Å². The Morgan fingerprint density at radius 2 is 1.81 bits per heavy atom. The predicted octanol–water partition coefficient (Wildman–Crippen LogP) is 4.80. The van der Waals surface area contributed by atoms with E-state index in [4.69, 9.17) is 4.74 Å². The van der Waals surface area contributed by atoms with Gasteiger partial charge in [-0.1, -0.05) is 37.3 Å². The van der Waals surface area contributed by atoms with Crippen LogP contribution in [-0.4, -0.2) is 22.8 Å². The Hall–Kier alpha value is -3.72. The quantitative estimate of drug-likeness (QED) is 0.499. The number of amides is 2. The molecule has 1 heterocycles. The number of hydrogen-bond acceptors (Lipinski definition) is 4. The lowest BCUT2D eigenvalue weighted by atomic mass is 9.92. The average molecular weight is 418 g/mol. The number of benzene rings is 2. The van der Waals surface area contributed by atoms with Crippen molar-refractivity contribution in [1.29, 1.82) is 5.26 Å². The number of halogens is 1. The first-order chi connectivity index (χ1) is 14.9. The number of imide groups is 1. The number of rotatable bonds is 6. The summed E-state index contributed by atoms with van der Waals surface area (Å²) in [6.07, 6.45) is 2.26. The van der Waals surface area contributed by atoms with Crippen molar-refractivity contribution in [3.05, 3.63) is 82.2 Å². The third kappa shape index (κ3) is 4.56. The zero-order chi connectivity index (χ0) is 22.5. The molecule has 31 heavy (non-hydrogen) atoms. The van der Waals surface area contributed by atoms with E-state index < -0.39 is 11.8 Å². The fourth-order valence-electron chi connectivity index (χ4n) is 3.29. The first-order valence-electron chi connectivity index (χ1n) is 10.0. The first-order valence-corrected chi connectivity index (χ1v) is 10.0. The predicted molar refractivity (Wildman–Crippen MR) is 115 cm³/mol. The molecule has 0 saturated heterocycles. The van der Waals surface area contributed by atoms with Crippen molar-refractivity contribution >= 4 is 17.9 Å². The van der Waals surface area contributed by atoms with Gasteiger partial charge in [-0.05, 0) is 55.7 Å². The van der Waals surface area contributed by atoms with Crippen LogP contribution in [0.1, 0.15) is 38.3 Å². The summed E-state index contributed by atoms with van der Waals surface area (Å²) < 4.78 is 19.4. The van der Waals surface area contributed by atoms with Gasteiger partial charge in [0.2, 0.25) is 0 Å². The Labute approximate surface area is 181 Å². The number of carbonyl (C=O) groups excluding carboxylic acids is 2. The molecule has 0 aromatic heterocycles. The van der Waals surface area contributed by atoms with E-state index in [2.05, 4.69) is 0 Å². The van der Waals surface area contributed by atoms with Crippen LogP contribution >= 0.6 is 0 Å². The van der Waals surface area contributed by atoms with Crippen molar-refractivity contribution in [3.63, 3.8) is 0 Å². The summed E-state index contributed by atoms with van der Waals surface area (Å²) in [6.45, 7) is 5.38. The summed E-state index contributed by atoms with van der Waals surface area (Å²) in [5.74, 6) is -0.721. The molecule has 2 amide bonds. The normalized spacial score (nSPS) is 16.5. The number of hydrogen-bond donors (Lipinski definition) is 0. The van der Waals surface area contributed by atoms with Gasteiger partial charge in [0.25, 0.3) is 11.8 Å². The fourth-order valence-corrected chi connectivity index (χ4v) is 3.29. The Morgan fingerprint density at radius 1 is 1.13 bits per heavy atom. The van der Waals surface area contributed by atoms with Gasteiger partial charge in [-0.15, -0.1) is 0 Å². The summed E-state index contributed by atoms with van der Waals surface area (Å²) in [4.78, 5) is 26.7. The Morgan fingerprint density at radius 3 is 2.42 bits per heavy atom. The van der Waals surface area contributed by atoms with E-state index in [1.165, 1.54) is 6.07 Å². The minimum absolute atomic E-state index is 0.0176. The third-order valence-electron chi connectivity index (χ3n) is 5.35. The van der Waals surface area contributed by atoms with E-state index >= 15 is 0 Å². The van der Waals surface area contributed by atoms with Gasteiger partial charge >= 0.3 is 0 Å². The minimum Gasteiger partial charge on any atom is -0.489 e. The zero-order valence-electron chi connectivity index (χ0n) is 17.7. The summed E-state index contributed by atoms with van der Waals surface area (Å²) in [6, 6.07) is 15.0. The smallest absolute Gasteiger partial charge is 0.271 e. The molecular weight excluding hydrogens is 395 g/mol. The molecule has 0 fully saturated rings. The standard InChI is InChI=1S/C25H23FN2O3/c1-4-16(2)28-24(29)21(17(3)22(14-27)25(28)30)13-18-9-11-20(12-10-18)31-15-19-7-5-6-8-23(19)26/h5-13,16H,4,15H2,1-3H3/b21-13+. The van der Waals surface area contributed by atoms with E-state index in [9.17, 15) is 19.2 Å². The van der Waals surface area contributed by atoms with Gasteiger partial charge in [0.05, 0.1) is 0 Å². The Balaban J connectivity index is 1.85. The Bertz CT molecular complexity index is 1110. The topological polar surface area (TPSA) is 70.4 Å². The molecule has 3 rings (SSSR count). The number of nitriles is 1. The molecule has 2 aromatic rings. The highest BCUT2D eigenvalue weighted by Crippen LogP contribution is 2.29. The molecule has 1 aliphatic rings. The van der Waals surface area contributed by atoms with Crippen molar-refractivity contribution < 1.29 is 18.7 Å². The fraction of sp³-hybridized carbons (Fsp3) is 0.240. The lowest BCUT2D eigenvalue weighted by Gasteiger charge is -2.31. The maximum absolute atomic E-state index is 13.7. The summed E-state index contributed by atoms with van der Waals surface area (Å²) in [5.41, 5.74) is 1.85. The highest BCUT2D eigenvalue weighted by atomic mass is 19.1. The van der Waals surface area contributed by atoms with E-state index in [0.717, 1.165) is 10.5 Å². The molecule has 0 radical (unpaired) electrons. The number of ether oxygens (including phenoxy) is 1. The lowest BCUT2D eigenvalue weighted by molar-refractivity contribution is -0.142. The van der Waals surface area contributed by atoms with E-state index in [1.54, 1.807) is 62.4 Å². The summed E-state index contributed by atoms with van der Waals surface area (Å²) >= 11 is 0. The van der Waals surface area contributed by atoms with Crippen molar-refractivity contribution in [1.82, 2.24) is 4.90 Å². The van der Waals surface area contributed by atoms with Gasteiger partial charge in [0.1, 0.15) is 29.8 Å². The van der Waals surface area contributed by atoms with Crippen LogP contribution in [0.25, 0.3) is 6.08 Å². The molecule has 0 bridgehead atoms. The van der Waals surface area contributed by atoms with Gasteiger partial charge in [-0.3, -0.25) is 14.5 Å². The van der Waals surface area contributed by atoms with Gasteiger partial charge in [-0.2, -0.15) is 5.26 Å². The van der Waals surface area contributed by atoms with E-state index in [-0.39, 0.29) is 24.0 Å². The van der Waals surface area contributed by atoms with Crippen LogP contribution in [0.5, 0.6) is 5.75 Å². The van der Waals surface area contributed by atoms with Gasteiger partial charge < -0.3 is 4.74 Å². The number of carbonyl (C=O) groups is 2. The van der Waals surface area contributed by atoms with Gasteiger partial charge in [-0.25, -0.2) is 4.39 Å². The third-order valence-corrected chi connectivity index (χ3v) is 5.35. The molecule has 2 aromatic carbocycles. The molecular formula is C25H23FN2O3. The monoisotopic (exact) mass is 418 g/mol. The SMILES string of the molecule is CCC(C)N1C(=O)C(C#N)=C(C)/C(=C\c2ccc(OCc3ccccc3F)cc2)C1=O. The molecule has 5 nitrogen and oxygen atoms in total. The molecule has 0 aliphatic carbocycles. The minimum atomic E-state index is -0.548. The van der Waals surface area contributed by atoms with Crippen LogP contribution in [0, 0.1) is 17.1 Å². The van der Waals surface area contributed by atoms with Crippen molar-refractivity contribution in [2.75, 3.05) is 0 Å². The highest BCUT2D eigenvalue weighted by Gasteiger charge is 2.37. The second-order valence-electron chi connectivity index (χ2n) is 7.36. The van der Waals surface area contributed by atoms with Crippen LogP contribution in [0.15, 0.2) is 65.3 Å². The summed E-state index contributed by atoms with van der Waals surface area (Å²) in [5, 5.41) is 9.45. The molecule has 1 unspecified atom stereocenters. The molecule has 1 atom stereocenters. The maximum atomic E-state index is 13.7. The zero-order valence-corrected chi connectivity index (χ0v) is 17.7. The van der Waals surface area contributed by atoms with Crippen LogP contribution in [0.2, 0.25) is 0 Å². The maximum Gasteiger partial charge on any atom is 0.271 e. The first kappa shape index (κ1) is 22.0. The van der Waals surface area contributed by atoms with Crippen LogP contribution in [0.3, 0.4) is 0 Å². The second kappa shape index (κ2) is 9.40. The molecule has 1 aliphatic heterocycles. The van der Waals surface area contributed by atoms with E-state index in [1.807, 2.05) is 13.0 Å². The number of nitrogens with zero attached hydrogens (tertiary/aromatic N) is 2. The van der Waals surface area contributed by atoms with Crippen molar-refractivity contribution in [3.8, 4) is 11.8 Å². The lowest BCUT2D eigenvalue weighted by Crippen LogP contribution is -2.47. The summed E-state index contributed by atoms with van der Waals surface area (Å²) in [7, 11) is 0. The molecule has 0 spiro atoms. The van der Waals surface area contributed by atoms with Crippen LogP contribution in [-0.2, 0) is 16.2 Å². The van der Waals surface area contributed by atoms with Crippen LogP contribution in [0.4, 0.5) is 4.39 Å².